The maximum atomic E-state index is 4.47. The molecular weight excluding hydrogens is 288 g/mol. The molecule has 0 radical (unpaired) electrons. The van der Waals surface area contributed by atoms with Gasteiger partial charge in [-0.15, -0.1) is 0 Å². The molecule has 2 unspecified atom stereocenters. The molecule has 1 aromatic rings. The van der Waals surface area contributed by atoms with E-state index in [9.17, 15) is 0 Å². The third kappa shape index (κ3) is 5.23. The summed E-state index contributed by atoms with van der Waals surface area (Å²) in [5, 5.41) is 6.97. The van der Waals surface area contributed by atoms with Gasteiger partial charge in [-0.1, -0.05) is 6.92 Å². The number of nitrogens with zero attached hydrogens (tertiary/aromatic N) is 4. The first-order chi connectivity index (χ1) is 10.9. The van der Waals surface area contributed by atoms with Gasteiger partial charge in [-0.05, 0) is 33.1 Å². The molecule has 23 heavy (non-hydrogen) atoms. The summed E-state index contributed by atoms with van der Waals surface area (Å²) in [6, 6.07) is 0.456. The Morgan fingerprint density at radius 2 is 2.13 bits per heavy atom. The number of likely N-dealkylation sites (tertiary alicyclic amines) is 1. The van der Waals surface area contributed by atoms with Crippen molar-refractivity contribution >= 4 is 5.96 Å². The zero-order chi connectivity index (χ0) is 16.9. The van der Waals surface area contributed by atoms with E-state index in [0.717, 1.165) is 32.1 Å². The van der Waals surface area contributed by atoms with Gasteiger partial charge in [-0.25, -0.2) is 4.98 Å². The first-order valence-electron chi connectivity index (χ1n) is 8.59. The Balaban J connectivity index is 1.88. The minimum absolute atomic E-state index is 0.151. The summed E-state index contributed by atoms with van der Waals surface area (Å²) in [4.78, 5) is 11.0. The lowest BCUT2D eigenvalue weighted by Crippen LogP contribution is -2.50. The third-order valence-electron chi connectivity index (χ3n) is 4.40. The number of imidazole rings is 1. The fraction of sp³-hybridized carbons (Fsp3) is 0.765. The van der Waals surface area contributed by atoms with Crippen molar-refractivity contribution in [2.24, 2.45) is 10.9 Å². The monoisotopic (exact) mass is 320 g/mol. The van der Waals surface area contributed by atoms with Crippen LogP contribution in [-0.4, -0.2) is 59.2 Å². The van der Waals surface area contributed by atoms with Crippen LogP contribution in [0, 0.1) is 5.92 Å². The van der Waals surface area contributed by atoms with Crippen LogP contribution < -0.4 is 10.6 Å². The largest absolute Gasteiger partial charge is 0.355 e. The summed E-state index contributed by atoms with van der Waals surface area (Å²) in [5.74, 6) is 1.65. The number of nitrogens with one attached hydrogen (secondary N) is 2. The van der Waals surface area contributed by atoms with Crippen LogP contribution in [0.1, 0.15) is 40.2 Å². The molecule has 6 heteroatoms. The maximum Gasteiger partial charge on any atom is 0.193 e. The van der Waals surface area contributed by atoms with E-state index in [2.05, 4.69) is 64.0 Å². The van der Waals surface area contributed by atoms with Crippen molar-refractivity contribution in [3.8, 4) is 0 Å². The van der Waals surface area contributed by atoms with Crippen LogP contribution in [-0.2, 0) is 0 Å². The SMILES string of the molecule is CN=C(NCCNC(C)(C)C)N1CCC(C)C(n2ccnc2)C1. The molecule has 130 valence electrons. The molecule has 1 aliphatic rings. The fourth-order valence-electron chi connectivity index (χ4n) is 3.04. The van der Waals surface area contributed by atoms with E-state index in [1.54, 1.807) is 0 Å². The van der Waals surface area contributed by atoms with Gasteiger partial charge in [0.2, 0.25) is 0 Å². The molecule has 0 spiro atoms. The highest BCUT2D eigenvalue weighted by Gasteiger charge is 2.28. The van der Waals surface area contributed by atoms with Gasteiger partial charge in [-0.2, -0.15) is 0 Å². The van der Waals surface area contributed by atoms with Gasteiger partial charge in [0.05, 0.1) is 12.4 Å². The van der Waals surface area contributed by atoms with Crippen LogP contribution in [0.3, 0.4) is 0 Å². The molecule has 0 amide bonds. The minimum Gasteiger partial charge on any atom is -0.355 e. The average Bonchev–Trinajstić information content (AvgIpc) is 3.01. The Labute approximate surface area is 140 Å². The summed E-state index contributed by atoms with van der Waals surface area (Å²) in [5.41, 5.74) is 0.151. The number of hydrogen-bond donors (Lipinski definition) is 2. The van der Waals surface area contributed by atoms with Crippen molar-refractivity contribution in [3.63, 3.8) is 0 Å². The van der Waals surface area contributed by atoms with Gasteiger partial charge >= 0.3 is 0 Å². The lowest BCUT2D eigenvalue weighted by Gasteiger charge is -2.39. The molecule has 6 nitrogen and oxygen atoms in total. The van der Waals surface area contributed by atoms with Crippen molar-refractivity contribution in [2.45, 2.75) is 45.7 Å². The molecule has 2 N–H and O–H groups in total. The van der Waals surface area contributed by atoms with Crippen LogP contribution in [0.5, 0.6) is 0 Å². The van der Waals surface area contributed by atoms with Crippen LogP contribution >= 0.6 is 0 Å². The van der Waals surface area contributed by atoms with Crippen LogP contribution in [0.25, 0.3) is 0 Å². The molecule has 2 rings (SSSR count). The number of aromatic nitrogens is 2. The van der Waals surface area contributed by atoms with Gasteiger partial charge in [0, 0.05) is 51.2 Å². The molecule has 0 aromatic carbocycles. The number of guanidine groups is 1. The van der Waals surface area contributed by atoms with Crippen LogP contribution in [0.4, 0.5) is 0 Å². The van der Waals surface area contributed by atoms with Crippen molar-refractivity contribution in [2.75, 3.05) is 33.2 Å². The molecule has 1 aliphatic heterocycles. The predicted molar refractivity (Wildman–Crippen MR) is 95.7 cm³/mol. The first-order valence-corrected chi connectivity index (χ1v) is 8.59. The number of piperidine rings is 1. The standard InChI is InChI=1S/C17H32N6/c1-14-6-10-22(12-15(14)23-11-9-19-13-23)16(18-5)20-7-8-21-17(2,3)4/h9,11,13-15,21H,6-8,10,12H2,1-5H3,(H,18,20). The second-order valence-corrected chi connectivity index (χ2v) is 7.44. The summed E-state index contributed by atoms with van der Waals surface area (Å²) in [7, 11) is 1.86. The smallest absolute Gasteiger partial charge is 0.193 e. The van der Waals surface area contributed by atoms with Gasteiger partial charge in [0.15, 0.2) is 5.96 Å². The van der Waals surface area contributed by atoms with E-state index in [1.807, 2.05) is 19.6 Å². The number of hydrogen-bond acceptors (Lipinski definition) is 3. The molecule has 1 fully saturated rings. The molecule has 2 heterocycles. The summed E-state index contributed by atoms with van der Waals surface area (Å²) in [6.45, 7) is 12.7. The zero-order valence-electron chi connectivity index (χ0n) is 15.2. The van der Waals surface area contributed by atoms with E-state index >= 15 is 0 Å². The Bertz CT molecular complexity index is 488. The maximum absolute atomic E-state index is 4.47. The Hall–Kier alpha value is -1.56. The second-order valence-electron chi connectivity index (χ2n) is 7.44. The van der Waals surface area contributed by atoms with Crippen LogP contribution in [0.15, 0.2) is 23.7 Å². The second kappa shape index (κ2) is 7.81. The minimum atomic E-state index is 0.151. The third-order valence-corrected chi connectivity index (χ3v) is 4.40. The highest BCUT2D eigenvalue weighted by molar-refractivity contribution is 5.80. The van der Waals surface area contributed by atoms with Gasteiger partial charge in [0.1, 0.15) is 0 Å². The normalized spacial score (nSPS) is 23.2. The molecule has 0 aliphatic carbocycles. The summed E-state index contributed by atoms with van der Waals surface area (Å²) in [6.07, 6.45) is 7.02. The Morgan fingerprint density at radius 3 is 2.74 bits per heavy atom. The molecule has 1 saturated heterocycles. The fourth-order valence-corrected chi connectivity index (χ4v) is 3.04. The van der Waals surface area contributed by atoms with Crippen molar-refractivity contribution in [3.05, 3.63) is 18.7 Å². The first kappa shape index (κ1) is 17.8. The molecule has 0 saturated carbocycles. The number of rotatable bonds is 4. The van der Waals surface area contributed by atoms with Crippen LogP contribution in [0.2, 0.25) is 0 Å². The van der Waals surface area contributed by atoms with E-state index in [0.29, 0.717) is 12.0 Å². The van der Waals surface area contributed by atoms with Crippen molar-refractivity contribution in [1.29, 1.82) is 0 Å². The lowest BCUT2D eigenvalue weighted by atomic mass is 9.93. The highest BCUT2D eigenvalue weighted by Crippen LogP contribution is 2.27. The van der Waals surface area contributed by atoms with E-state index < -0.39 is 0 Å². The van der Waals surface area contributed by atoms with E-state index in [1.165, 1.54) is 6.42 Å². The van der Waals surface area contributed by atoms with Crippen molar-refractivity contribution in [1.82, 2.24) is 25.1 Å². The summed E-state index contributed by atoms with van der Waals surface area (Å²) < 4.78 is 2.23. The number of aliphatic imine (C=N–C) groups is 1. The Kier molecular flexibility index (Phi) is 6.04. The molecular formula is C17H32N6. The molecule has 0 bridgehead atoms. The quantitative estimate of drug-likeness (QED) is 0.504. The molecule has 2 atom stereocenters. The van der Waals surface area contributed by atoms with E-state index in [4.69, 9.17) is 0 Å². The van der Waals surface area contributed by atoms with E-state index in [-0.39, 0.29) is 5.54 Å². The predicted octanol–water partition coefficient (Wildman–Crippen LogP) is 1.73. The highest BCUT2D eigenvalue weighted by atomic mass is 15.3. The topological polar surface area (TPSA) is 57.5 Å². The lowest BCUT2D eigenvalue weighted by molar-refractivity contribution is 0.189. The Morgan fingerprint density at radius 1 is 1.35 bits per heavy atom. The zero-order valence-corrected chi connectivity index (χ0v) is 15.2. The van der Waals surface area contributed by atoms with Crippen molar-refractivity contribution < 1.29 is 0 Å². The van der Waals surface area contributed by atoms with Gasteiger partial charge in [-0.3, -0.25) is 4.99 Å². The van der Waals surface area contributed by atoms with Gasteiger partial charge < -0.3 is 20.1 Å². The average molecular weight is 320 g/mol. The van der Waals surface area contributed by atoms with Gasteiger partial charge in [0.25, 0.3) is 0 Å². The summed E-state index contributed by atoms with van der Waals surface area (Å²) >= 11 is 0. The molecule has 1 aromatic heterocycles.